The Morgan fingerprint density at radius 2 is 2.00 bits per heavy atom. The molecule has 0 aliphatic rings. The smallest absolute Gasteiger partial charge is 0.305 e. The molecule has 0 bridgehead atoms. The molecule has 1 aromatic carbocycles. The van der Waals surface area contributed by atoms with Crippen LogP contribution in [-0.4, -0.2) is 22.8 Å². The molecule has 0 aliphatic heterocycles. The van der Waals surface area contributed by atoms with Gasteiger partial charge in [0.15, 0.2) is 11.5 Å². The van der Waals surface area contributed by atoms with E-state index in [0.29, 0.717) is 19.4 Å². The van der Waals surface area contributed by atoms with E-state index in [2.05, 4.69) is 6.92 Å². The van der Waals surface area contributed by atoms with Gasteiger partial charge in [-0.1, -0.05) is 25.8 Å². The highest BCUT2D eigenvalue weighted by Crippen LogP contribution is 2.24. The number of hydrogen-bond donors (Lipinski definition) is 2. The molecule has 2 N–H and O–H groups in total. The maximum atomic E-state index is 11.3. The molecule has 4 nitrogen and oxygen atoms in total. The van der Waals surface area contributed by atoms with Gasteiger partial charge in [-0.15, -0.1) is 0 Å². The summed E-state index contributed by atoms with van der Waals surface area (Å²) in [5.41, 5.74) is 0.826. The zero-order valence-electron chi connectivity index (χ0n) is 10.7. The van der Waals surface area contributed by atoms with E-state index in [-0.39, 0.29) is 17.5 Å². The molecular weight excluding hydrogens is 232 g/mol. The molecule has 0 aliphatic carbocycles. The summed E-state index contributed by atoms with van der Waals surface area (Å²) < 4.78 is 5.08. The maximum absolute atomic E-state index is 11.3. The number of unbranched alkanes of at least 4 members (excludes halogenated alkanes) is 2. The number of phenolic OH excluding ortho intramolecular Hbond substituents is 2. The van der Waals surface area contributed by atoms with Gasteiger partial charge in [-0.3, -0.25) is 4.79 Å². The van der Waals surface area contributed by atoms with Gasteiger partial charge < -0.3 is 14.9 Å². The molecule has 0 saturated heterocycles. The number of phenols is 2. The quantitative estimate of drug-likeness (QED) is 0.445. The normalized spacial score (nSPS) is 10.3. The lowest BCUT2D eigenvalue weighted by Gasteiger charge is -2.05. The molecule has 4 heteroatoms. The van der Waals surface area contributed by atoms with Gasteiger partial charge in [-0.25, -0.2) is 0 Å². The summed E-state index contributed by atoms with van der Waals surface area (Å²) in [4.78, 5) is 11.3. The van der Waals surface area contributed by atoms with E-state index in [4.69, 9.17) is 9.84 Å². The van der Waals surface area contributed by atoms with Gasteiger partial charge in [0.1, 0.15) is 0 Å². The lowest BCUT2D eigenvalue weighted by molar-refractivity contribution is -0.143. The molecule has 0 unspecified atom stereocenters. The van der Waals surface area contributed by atoms with Crippen molar-refractivity contribution >= 4 is 5.97 Å². The van der Waals surface area contributed by atoms with E-state index in [9.17, 15) is 9.90 Å². The first-order valence-electron chi connectivity index (χ1n) is 6.30. The van der Waals surface area contributed by atoms with Crippen molar-refractivity contribution in [1.29, 1.82) is 0 Å². The SMILES string of the molecule is CCCCCC(=O)OCCc1ccc(O)c(O)c1. The zero-order chi connectivity index (χ0) is 13.4. The lowest BCUT2D eigenvalue weighted by Crippen LogP contribution is -2.07. The topological polar surface area (TPSA) is 66.8 Å². The second-order valence-electron chi connectivity index (χ2n) is 4.25. The number of aromatic hydroxyl groups is 2. The Morgan fingerprint density at radius 1 is 1.22 bits per heavy atom. The van der Waals surface area contributed by atoms with Crippen LogP contribution < -0.4 is 0 Å². The van der Waals surface area contributed by atoms with Crippen LogP contribution in [0.5, 0.6) is 11.5 Å². The first-order chi connectivity index (χ1) is 8.63. The standard InChI is InChI=1S/C14H20O4/c1-2-3-4-5-14(17)18-9-8-11-6-7-12(15)13(16)10-11/h6-7,10,15-16H,2-5,8-9H2,1H3. The summed E-state index contributed by atoms with van der Waals surface area (Å²) in [7, 11) is 0. The van der Waals surface area contributed by atoms with E-state index >= 15 is 0 Å². The summed E-state index contributed by atoms with van der Waals surface area (Å²) in [5.74, 6) is -0.469. The van der Waals surface area contributed by atoms with E-state index in [1.807, 2.05) is 0 Å². The van der Waals surface area contributed by atoms with Crippen LogP contribution in [0.4, 0.5) is 0 Å². The van der Waals surface area contributed by atoms with Gasteiger partial charge in [-0.05, 0) is 24.1 Å². The third-order valence-electron chi connectivity index (χ3n) is 2.68. The Balaban J connectivity index is 2.24. The lowest BCUT2D eigenvalue weighted by atomic mass is 10.1. The van der Waals surface area contributed by atoms with E-state index in [1.54, 1.807) is 6.07 Å². The van der Waals surface area contributed by atoms with Crippen LogP contribution >= 0.6 is 0 Å². The van der Waals surface area contributed by atoms with E-state index in [0.717, 1.165) is 24.8 Å². The highest BCUT2D eigenvalue weighted by molar-refractivity contribution is 5.69. The molecule has 0 heterocycles. The number of benzene rings is 1. The first-order valence-corrected chi connectivity index (χ1v) is 6.30. The summed E-state index contributed by atoms with van der Waals surface area (Å²) in [6, 6.07) is 4.59. The van der Waals surface area contributed by atoms with Crippen molar-refractivity contribution in [2.75, 3.05) is 6.61 Å². The summed E-state index contributed by atoms with van der Waals surface area (Å²) in [6.07, 6.45) is 4.00. The maximum Gasteiger partial charge on any atom is 0.305 e. The molecule has 1 aromatic rings. The molecule has 0 saturated carbocycles. The monoisotopic (exact) mass is 252 g/mol. The van der Waals surface area contributed by atoms with Crippen LogP contribution in [0.3, 0.4) is 0 Å². The minimum atomic E-state index is -0.175. The van der Waals surface area contributed by atoms with Crippen molar-refractivity contribution in [3.8, 4) is 11.5 Å². The number of hydrogen-bond acceptors (Lipinski definition) is 4. The van der Waals surface area contributed by atoms with Crippen LogP contribution in [0.2, 0.25) is 0 Å². The molecule has 0 aromatic heterocycles. The number of carbonyl (C=O) groups is 1. The second kappa shape index (κ2) is 7.58. The van der Waals surface area contributed by atoms with Gasteiger partial charge >= 0.3 is 5.97 Å². The predicted octanol–water partition coefficient (Wildman–Crippen LogP) is 2.76. The Morgan fingerprint density at radius 3 is 2.67 bits per heavy atom. The number of rotatable bonds is 7. The molecule has 0 spiro atoms. The Kier molecular flexibility index (Phi) is 6.05. The minimum absolute atomic E-state index is 0.143. The van der Waals surface area contributed by atoms with Crippen LogP contribution in [-0.2, 0) is 16.0 Å². The Labute approximate surface area is 107 Å². The average molecular weight is 252 g/mol. The van der Waals surface area contributed by atoms with Crippen LogP contribution in [0.15, 0.2) is 18.2 Å². The zero-order valence-corrected chi connectivity index (χ0v) is 10.7. The fourth-order valence-electron chi connectivity index (χ4n) is 1.60. The summed E-state index contributed by atoms with van der Waals surface area (Å²) >= 11 is 0. The van der Waals surface area contributed by atoms with Gasteiger partial charge in [0, 0.05) is 12.8 Å². The largest absolute Gasteiger partial charge is 0.504 e. The van der Waals surface area contributed by atoms with Crippen molar-refractivity contribution in [1.82, 2.24) is 0 Å². The third-order valence-corrected chi connectivity index (χ3v) is 2.68. The van der Waals surface area contributed by atoms with E-state index in [1.165, 1.54) is 12.1 Å². The first kappa shape index (κ1) is 14.4. The third kappa shape index (κ3) is 5.08. The highest BCUT2D eigenvalue weighted by atomic mass is 16.5. The van der Waals surface area contributed by atoms with Crippen LogP contribution in [0.1, 0.15) is 38.2 Å². The van der Waals surface area contributed by atoms with E-state index < -0.39 is 0 Å². The molecule has 0 amide bonds. The Bertz CT molecular complexity index is 387. The van der Waals surface area contributed by atoms with Crippen LogP contribution in [0.25, 0.3) is 0 Å². The van der Waals surface area contributed by atoms with Crippen LogP contribution in [0, 0.1) is 0 Å². The number of ether oxygens (including phenoxy) is 1. The van der Waals surface area contributed by atoms with Crippen molar-refractivity contribution in [3.63, 3.8) is 0 Å². The summed E-state index contributed by atoms with van der Waals surface area (Å²) in [6.45, 7) is 2.39. The van der Waals surface area contributed by atoms with Crippen molar-refractivity contribution < 1.29 is 19.7 Å². The van der Waals surface area contributed by atoms with Crippen molar-refractivity contribution in [2.45, 2.75) is 39.0 Å². The molecule has 18 heavy (non-hydrogen) atoms. The predicted molar refractivity (Wildman–Crippen MR) is 68.6 cm³/mol. The summed E-state index contributed by atoms with van der Waals surface area (Å²) in [5, 5.41) is 18.4. The fourth-order valence-corrected chi connectivity index (χ4v) is 1.60. The molecule has 100 valence electrons. The Hall–Kier alpha value is -1.71. The van der Waals surface area contributed by atoms with Gasteiger partial charge in [0.05, 0.1) is 6.61 Å². The van der Waals surface area contributed by atoms with Crippen molar-refractivity contribution in [2.24, 2.45) is 0 Å². The fraction of sp³-hybridized carbons (Fsp3) is 0.500. The molecule has 1 rings (SSSR count). The molecular formula is C14H20O4. The number of carbonyl (C=O) groups excluding carboxylic acids is 1. The van der Waals surface area contributed by atoms with Gasteiger partial charge in [-0.2, -0.15) is 0 Å². The molecule has 0 radical (unpaired) electrons. The molecule has 0 fully saturated rings. The minimum Gasteiger partial charge on any atom is -0.504 e. The van der Waals surface area contributed by atoms with Gasteiger partial charge in [0.25, 0.3) is 0 Å². The van der Waals surface area contributed by atoms with Gasteiger partial charge in [0.2, 0.25) is 0 Å². The highest BCUT2D eigenvalue weighted by Gasteiger charge is 2.04. The number of esters is 1. The second-order valence-corrected chi connectivity index (χ2v) is 4.25. The molecule has 0 atom stereocenters. The van der Waals surface area contributed by atoms with Crippen molar-refractivity contribution in [3.05, 3.63) is 23.8 Å². The average Bonchev–Trinajstić information content (AvgIpc) is 2.34.